The second-order valence-corrected chi connectivity index (χ2v) is 3.84. The highest BCUT2D eigenvalue weighted by atomic mass is 32.1. The van der Waals surface area contributed by atoms with Crippen molar-refractivity contribution in [3.63, 3.8) is 0 Å². The first kappa shape index (κ1) is 9.13. The van der Waals surface area contributed by atoms with Crippen LogP contribution in [0.5, 0.6) is 0 Å². The normalized spacial score (nSPS) is 10.7. The predicted molar refractivity (Wildman–Crippen MR) is 63.6 cm³/mol. The van der Waals surface area contributed by atoms with Crippen LogP contribution in [-0.2, 0) is 0 Å². The summed E-state index contributed by atoms with van der Waals surface area (Å²) in [5, 5.41) is 10.9. The van der Waals surface area contributed by atoms with E-state index in [4.69, 9.17) is 21.9 Å². The summed E-state index contributed by atoms with van der Waals surface area (Å²) in [6, 6.07) is 11.6. The molecule has 0 bridgehead atoms. The van der Waals surface area contributed by atoms with Crippen molar-refractivity contribution in [3.8, 4) is 6.07 Å². The Hall–Kier alpha value is -2.12. The van der Waals surface area contributed by atoms with Crippen molar-refractivity contribution in [3.05, 3.63) is 40.7 Å². The molecular formula is C12H6N2OS. The second-order valence-electron chi connectivity index (χ2n) is 3.47. The van der Waals surface area contributed by atoms with E-state index in [1.54, 1.807) is 6.07 Å². The van der Waals surface area contributed by atoms with E-state index in [1.165, 1.54) is 0 Å². The van der Waals surface area contributed by atoms with Gasteiger partial charge in [0.15, 0.2) is 5.58 Å². The fourth-order valence-electron chi connectivity index (χ4n) is 1.88. The number of nitrogens with one attached hydrogen (secondary N) is 1. The van der Waals surface area contributed by atoms with E-state index < -0.39 is 0 Å². The molecule has 0 amide bonds. The molecule has 0 fully saturated rings. The SMILES string of the molecule is N#Cc1cc2oc(=S)[nH]c2c2ccccc12. The van der Waals surface area contributed by atoms with E-state index in [0.717, 1.165) is 16.3 Å². The van der Waals surface area contributed by atoms with Gasteiger partial charge in [0, 0.05) is 16.8 Å². The molecule has 0 aliphatic heterocycles. The lowest BCUT2D eigenvalue weighted by Crippen LogP contribution is -1.81. The summed E-state index contributed by atoms with van der Waals surface area (Å²) >= 11 is 4.95. The number of fused-ring (bicyclic) bond motifs is 3. The van der Waals surface area contributed by atoms with Gasteiger partial charge in [0.2, 0.25) is 0 Å². The van der Waals surface area contributed by atoms with E-state index in [2.05, 4.69) is 11.1 Å². The number of hydrogen-bond acceptors (Lipinski definition) is 3. The Morgan fingerprint density at radius 2 is 2.00 bits per heavy atom. The monoisotopic (exact) mass is 226 g/mol. The van der Waals surface area contributed by atoms with Gasteiger partial charge in [0.1, 0.15) is 0 Å². The summed E-state index contributed by atoms with van der Waals surface area (Å²) in [6.45, 7) is 0. The Bertz CT molecular complexity index is 792. The van der Waals surface area contributed by atoms with Gasteiger partial charge in [0.05, 0.1) is 17.1 Å². The molecule has 1 aromatic heterocycles. The number of nitriles is 1. The molecule has 3 rings (SSSR count). The van der Waals surface area contributed by atoms with E-state index in [0.29, 0.717) is 16.0 Å². The number of rotatable bonds is 0. The fourth-order valence-corrected chi connectivity index (χ4v) is 2.07. The zero-order chi connectivity index (χ0) is 11.1. The zero-order valence-electron chi connectivity index (χ0n) is 8.15. The molecule has 1 N–H and O–H groups in total. The van der Waals surface area contributed by atoms with Crippen LogP contribution in [0.2, 0.25) is 0 Å². The smallest absolute Gasteiger partial charge is 0.266 e. The van der Waals surface area contributed by atoms with Crippen molar-refractivity contribution in [1.82, 2.24) is 4.98 Å². The molecule has 4 heteroatoms. The average Bonchev–Trinajstić information content (AvgIpc) is 2.68. The Kier molecular flexibility index (Phi) is 1.82. The van der Waals surface area contributed by atoms with Crippen molar-refractivity contribution in [2.24, 2.45) is 0 Å². The summed E-state index contributed by atoms with van der Waals surface area (Å²) in [6.07, 6.45) is 0. The number of aromatic nitrogens is 1. The maximum Gasteiger partial charge on any atom is 0.266 e. The summed E-state index contributed by atoms with van der Waals surface area (Å²) in [7, 11) is 0. The van der Waals surface area contributed by atoms with Crippen LogP contribution < -0.4 is 0 Å². The molecule has 0 spiro atoms. The van der Waals surface area contributed by atoms with Crippen LogP contribution in [0.15, 0.2) is 34.7 Å². The zero-order valence-corrected chi connectivity index (χ0v) is 8.97. The third-order valence-electron chi connectivity index (χ3n) is 2.56. The molecule has 0 saturated carbocycles. The molecule has 1 heterocycles. The first-order valence-corrected chi connectivity index (χ1v) is 5.15. The second kappa shape index (κ2) is 3.19. The first-order valence-electron chi connectivity index (χ1n) is 4.74. The van der Waals surface area contributed by atoms with E-state index in [-0.39, 0.29) is 0 Å². The van der Waals surface area contributed by atoms with Crippen LogP contribution in [0.4, 0.5) is 0 Å². The average molecular weight is 226 g/mol. The van der Waals surface area contributed by atoms with Gasteiger partial charge < -0.3 is 9.40 Å². The maximum absolute atomic E-state index is 9.07. The van der Waals surface area contributed by atoms with Crippen molar-refractivity contribution in [1.29, 1.82) is 5.26 Å². The minimum absolute atomic E-state index is 0.329. The molecule has 0 atom stereocenters. The van der Waals surface area contributed by atoms with Crippen LogP contribution in [0.1, 0.15) is 5.56 Å². The number of hydrogen-bond donors (Lipinski definition) is 1. The lowest BCUT2D eigenvalue weighted by atomic mass is 10.0. The first-order chi connectivity index (χ1) is 7.79. The Morgan fingerprint density at radius 3 is 2.75 bits per heavy atom. The van der Waals surface area contributed by atoms with Crippen molar-refractivity contribution in [2.75, 3.05) is 0 Å². The topological polar surface area (TPSA) is 52.7 Å². The molecule has 0 aliphatic carbocycles. The standard InChI is InChI=1S/C12H6N2OS/c13-6-7-5-10-11(14-12(16)15-10)9-4-2-1-3-8(7)9/h1-5H,(H,14,16). The van der Waals surface area contributed by atoms with Crippen LogP contribution in [0.25, 0.3) is 21.9 Å². The third kappa shape index (κ3) is 1.16. The number of benzene rings is 2. The summed E-state index contributed by atoms with van der Waals surface area (Å²) in [5.74, 6) is 0. The van der Waals surface area contributed by atoms with Crippen molar-refractivity contribution < 1.29 is 4.42 Å². The van der Waals surface area contributed by atoms with Gasteiger partial charge in [-0.05, 0) is 12.2 Å². The van der Waals surface area contributed by atoms with Gasteiger partial charge in [-0.15, -0.1) is 0 Å². The molecule has 3 aromatic rings. The molecular weight excluding hydrogens is 220 g/mol. The van der Waals surface area contributed by atoms with Crippen LogP contribution >= 0.6 is 12.2 Å². The quantitative estimate of drug-likeness (QED) is 0.597. The van der Waals surface area contributed by atoms with Gasteiger partial charge in [-0.3, -0.25) is 0 Å². The van der Waals surface area contributed by atoms with Gasteiger partial charge in [-0.1, -0.05) is 24.3 Å². The largest absolute Gasteiger partial charge is 0.429 e. The third-order valence-corrected chi connectivity index (χ3v) is 2.74. The minimum atomic E-state index is 0.329. The Labute approximate surface area is 95.9 Å². The van der Waals surface area contributed by atoms with Gasteiger partial charge >= 0.3 is 0 Å². The van der Waals surface area contributed by atoms with Gasteiger partial charge in [0.25, 0.3) is 4.84 Å². The number of nitrogens with zero attached hydrogens (tertiary/aromatic N) is 1. The Morgan fingerprint density at radius 1 is 1.25 bits per heavy atom. The Balaban J connectivity index is 2.68. The molecule has 0 unspecified atom stereocenters. The highest BCUT2D eigenvalue weighted by Crippen LogP contribution is 2.27. The van der Waals surface area contributed by atoms with E-state index in [9.17, 15) is 0 Å². The molecule has 0 radical (unpaired) electrons. The van der Waals surface area contributed by atoms with Gasteiger partial charge in [-0.25, -0.2) is 0 Å². The highest BCUT2D eigenvalue weighted by Gasteiger charge is 2.08. The van der Waals surface area contributed by atoms with Crippen LogP contribution in [0, 0.1) is 16.2 Å². The molecule has 16 heavy (non-hydrogen) atoms. The molecule has 76 valence electrons. The van der Waals surface area contributed by atoms with Crippen LogP contribution in [0.3, 0.4) is 0 Å². The summed E-state index contributed by atoms with van der Waals surface area (Å²) < 4.78 is 5.33. The van der Waals surface area contributed by atoms with E-state index >= 15 is 0 Å². The number of oxazole rings is 1. The molecule has 0 aliphatic rings. The summed E-state index contributed by atoms with van der Waals surface area (Å²) in [4.78, 5) is 3.32. The predicted octanol–water partition coefficient (Wildman–Crippen LogP) is 3.52. The lowest BCUT2D eigenvalue weighted by molar-refractivity contribution is 0.583. The summed E-state index contributed by atoms with van der Waals surface area (Å²) in [5.41, 5.74) is 2.07. The number of aromatic amines is 1. The van der Waals surface area contributed by atoms with Crippen molar-refractivity contribution >= 4 is 34.1 Å². The van der Waals surface area contributed by atoms with Crippen LogP contribution in [-0.4, -0.2) is 4.98 Å². The minimum Gasteiger partial charge on any atom is -0.429 e. The maximum atomic E-state index is 9.07. The molecule has 2 aromatic carbocycles. The molecule has 0 saturated heterocycles. The molecule has 3 nitrogen and oxygen atoms in total. The fraction of sp³-hybridized carbons (Fsp3) is 0. The van der Waals surface area contributed by atoms with Gasteiger partial charge in [-0.2, -0.15) is 5.26 Å². The highest BCUT2D eigenvalue weighted by molar-refractivity contribution is 7.71. The van der Waals surface area contributed by atoms with Crippen molar-refractivity contribution in [2.45, 2.75) is 0 Å². The lowest BCUT2D eigenvalue weighted by Gasteiger charge is -1.99. The number of H-pyrrole nitrogens is 1. The van der Waals surface area contributed by atoms with E-state index in [1.807, 2.05) is 24.3 Å².